The number of anilines is 1. The second-order valence-electron chi connectivity index (χ2n) is 4.13. The van der Waals surface area contributed by atoms with E-state index in [9.17, 15) is 0 Å². The lowest BCUT2D eigenvalue weighted by molar-refractivity contribution is 0.613. The van der Waals surface area contributed by atoms with Gasteiger partial charge in [-0.25, -0.2) is 0 Å². The van der Waals surface area contributed by atoms with Gasteiger partial charge in [-0.15, -0.1) is 0 Å². The van der Waals surface area contributed by atoms with E-state index in [2.05, 4.69) is 11.4 Å². The minimum Gasteiger partial charge on any atom is -0.398 e. The molecule has 0 spiro atoms. The summed E-state index contributed by atoms with van der Waals surface area (Å²) in [5, 5.41) is 12.7. The molecule has 4 heteroatoms. The van der Waals surface area contributed by atoms with Gasteiger partial charge < -0.3 is 11.1 Å². The zero-order chi connectivity index (χ0) is 12.3. The maximum Gasteiger partial charge on any atom is 0.103 e. The zero-order valence-corrected chi connectivity index (χ0v) is 10.2. The van der Waals surface area contributed by atoms with Gasteiger partial charge in [0, 0.05) is 6.54 Å². The molecule has 1 aliphatic heterocycles. The number of hydrogen-bond donors (Lipinski definition) is 2. The predicted molar refractivity (Wildman–Crippen MR) is 70.7 cm³/mol. The van der Waals surface area contributed by atoms with Gasteiger partial charge in [0.2, 0.25) is 0 Å². The number of nitrogens with one attached hydrogen (secondary N) is 1. The molecule has 3 nitrogen and oxygen atoms in total. The first kappa shape index (κ1) is 12.0. The molecule has 0 unspecified atom stereocenters. The van der Waals surface area contributed by atoms with Crippen LogP contribution in [0.2, 0.25) is 5.02 Å². The van der Waals surface area contributed by atoms with Crippen molar-refractivity contribution in [2.45, 2.75) is 12.8 Å². The molecule has 3 N–H and O–H groups in total. The average molecular weight is 248 g/mol. The Labute approximate surface area is 106 Å². The molecule has 0 saturated carbocycles. The van der Waals surface area contributed by atoms with Gasteiger partial charge in [0.25, 0.3) is 0 Å². The lowest BCUT2D eigenvalue weighted by Gasteiger charge is -2.15. The minimum atomic E-state index is 0.366. The number of rotatable bonds is 1. The molecule has 0 amide bonds. The quantitative estimate of drug-likeness (QED) is 0.750. The summed E-state index contributed by atoms with van der Waals surface area (Å²) < 4.78 is 0. The van der Waals surface area contributed by atoms with E-state index in [1.54, 1.807) is 6.07 Å². The van der Waals surface area contributed by atoms with Crippen LogP contribution in [0.5, 0.6) is 0 Å². The molecule has 88 valence electrons. The standard InChI is InChI=1S/C13H14ClN3/c14-13-10(3-4-12(16)11(13)7-15)6-9-2-1-5-17-8-9/h3-4,6,17H,1-2,5,8,16H2/b9-6-. The first-order chi connectivity index (χ1) is 8.22. The van der Waals surface area contributed by atoms with Crippen LogP contribution in [0.3, 0.4) is 0 Å². The molecular formula is C13H14ClN3. The molecule has 17 heavy (non-hydrogen) atoms. The van der Waals surface area contributed by atoms with Crippen molar-refractivity contribution < 1.29 is 0 Å². The number of nitrogens with two attached hydrogens (primary N) is 1. The Kier molecular flexibility index (Phi) is 3.68. The predicted octanol–water partition coefficient (Wildman–Crippen LogP) is 2.56. The van der Waals surface area contributed by atoms with Gasteiger partial charge in [-0.1, -0.05) is 29.3 Å². The van der Waals surface area contributed by atoms with Gasteiger partial charge in [0.1, 0.15) is 6.07 Å². The Hall–Kier alpha value is -1.50. The Morgan fingerprint density at radius 2 is 2.29 bits per heavy atom. The fourth-order valence-electron chi connectivity index (χ4n) is 1.95. The number of nitriles is 1. The Bertz CT molecular complexity index is 492. The van der Waals surface area contributed by atoms with Crippen LogP contribution in [0.4, 0.5) is 5.69 Å². The average Bonchev–Trinajstić information content (AvgIpc) is 2.35. The fraction of sp³-hybridized carbons (Fsp3) is 0.308. The second-order valence-corrected chi connectivity index (χ2v) is 4.51. The van der Waals surface area contributed by atoms with E-state index in [0.717, 1.165) is 31.5 Å². The number of piperidine rings is 1. The molecule has 0 bridgehead atoms. The molecule has 1 saturated heterocycles. The van der Waals surface area contributed by atoms with E-state index >= 15 is 0 Å². The zero-order valence-electron chi connectivity index (χ0n) is 9.46. The van der Waals surface area contributed by atoms with E-state index in [0.29, 0.717) is 16.3 Å². The molecule has 2 rings (SSSR count). The van der Waals surface area contributed by atoms with Crippen LogP contribution in [-0.2, 0) is 0 Å². The van der Waals surface area contributed by atoms with Crippen molar-refractivity contribution in [3.63, 3.8) is 0 Å². The lowest BCUT2D eigenvalue weighted by atomic mass is 10.0. The van der Waals surface area contributed by atoms with Gasteiger partial charge in [-0.05, 0) is 31.0 Å². The molecule has 0 radical (unpaired) electrons. The topological polar surface area (TPSA) is 61.8 Å². The van der Waals surface area contributed by atoms with Crippen LogP contribution < -0.4 is 11.1 Å². The summed E-state index contributed by atoms with van der Waals surface area (Å²) >= 11 is 6.17. The van der Waals surface area contributed by atoms with Crippen molar-refractivity contribution in [3.05, 3.63) is 33.9 Å². The number of halogens is 1. The van der Waals surface area contributed by atoms with Gasteiger partial charge in [0.05, 0.1) is 16.3 Å². The smallest absolute Gasteiger partial charge is 0.103 e. The summed E-state index contributed by atoms with van der Waals surface area (Å²) in [7, 11) is 0. The van der Waals surface area contributed by atoms with E-state index in [1.807, 2.05) is 12.1 Å². The number of nitrogen functional groups attached to an aromatic ring is 1. The Morgan fingerprint density at radius 3 is 2.94 bits per heavy atom. The third-order valence-electron chi connectivity index (χ3n) is 2.88. The van der Waals surface area contributed by atoms with Crippen LogP contribution in [0.1, 0.15) is 24.0 Å². The van der Waals surface area contributed by atoms with Crippen LogP contribution in [0, 0.1) is 11.3 Å². The summed E-state index contributed by atoms with van der Waals surface area (Å²) in [5.41, 5.74) is 8.67. The van der Waals surface area contributed by atoms with Crippen LogP contribution in [0.25, 0.3) is 6.08 Å². The van der Waals surface area contributed by atoms with Crippen LogP contribution in [0.15, 0.2) is 17.7 Å². The second kappa shape index (κ2) is 5.22. The normalized spacial score (nSPS) is 18.0. The summed E-state index contributed by atoms with van der Waals surface area (Å²) in [6, 6.07) is 5.63. The summed E-state index contributed by atoms with van der Waals surface area (Å²) in [6.45, 7) is 1.96. The van der Waals surface area contributed by atoms with E-state index < -0.39 is 0 Å². The lowest BCUT2D eigenvalue weighted by Crippen LogP contribution is -2.23. The van der Waals surface area contributed by atoms with E-state index in [1.165, 1.54) is 5.57 Å². The highest BCUT2D eigenvalue weighted by molar-refractivity contribution is 6.33. The van der Waals surface area contributed by atoms with Gasteiger partial charge in [-0.3, -0.25) is 0 Å². The summed E-state index contributed by atoms with van der Waals surface area (Å²) in [5.74, 6) is 0. The molecule has 1 fully saturated rings. The molecule has 0 atom stereocenters. The number of hydrogen-bond acceptors (Lipinski definition) is 3. The van der Waals surface area contributed by atoms with Crippen LogP contribution in [-0.4, -0.2) is 13.1 Å². The Balaban J connectivity index is 2.37. The van der Waals surface area contributed by atoms with Crippen molar-refractivity contribution in [1.82, 2.24) is 5.32 Å². The van der Waals surface area contributed by atoms with Crippen molar-refractivity contribution in [2.24, 2.45) is 0 Å². The fourth-order valence-corrected chi connectivity index (χ4v) is 2.22. The largest absolute Gasteiger partial charge is 0.398 e. The molecular weight excluding hydrogens is 234 g/mol. The van der Waals surface area contributed by atoms with E-state index in [-0.39, 0.29) is 0 Å². The van der Waals surface area contributed by atoms with Crippen molar-refractivity contribution in [3.8, 4) is 6.07 Å². The van der Waals surface area contributed by atoms with Crippen molar-refractivity contribution >= 4 is 23.4 Å². The first-order valence-electron chi connectivity index (χ1n) is 5.60. The van der Waals surface area contributed by atoms with Crippen molar-refractivity contribution in [1.29, 1.82) is 5.26 Å². The molecule has 1 aromatic carbocycles. The maximum atomic E-state index is 8.98. The van der Waals surface area contributed by atoms with Crippen molar-refractivity contribution in [2.75, 3.05) is 18.8 Å². The highest BCUT2D eigenvalue weighted by Crippen LogP contribution is 2.28. The maximum absolute atomic E-state index is 8.98. The summed E-state index contributed by atoms with van der Waals surface area (Å²) in [6.07, 6.45) is 4.27. The summed E-state index contributed by atoms with van der Waals surface area (Å²) in [4.78, 5) is 0. The molecule has 0 aliphatic carbocycles. The minimum absolute atomic E-state index is 0.366. The number of nitrogens with zero attached hydrogens (tertiary/aromatic N) is 1. The van der Waals surface area contributed by atoms with Gasteiger partial charge in [0.15, 0.2) is 0 Å². The van der Waals surface area contributed by atoms with E-state index in [4.69, 9.17) is 22.6 Å². The van der Waals surface area contributed by atoms with Crippen LogP contribution >= 0.6 is 11.6 Å². The Morgan fingerprint density at radius 1 is 1.47 bits per heavy atom. The molecule has 1 heterocycles. The number of benzene rings is 1. The van der Waals surface area contributed by atoms with Gasteiger partial charge >= 0.3 is 0 Å². The van der Waals surface area contributed by atoms with Gasteiger partial charge in [-0.2, -0.15) is 5.26 Å². The molecule has 1 aliphatic rings. The first-order valence-corrected chi connectivity index (χ1v) is 5.98. The highest BCUT2D eigenvalue weighted by atomic mass is 35.5. The molecule has 0 aromatic heterocycles. The SMILES string of the molecule is N#Cc1c(N)ccc(/C=C2/CCCNC2)c1Cl. The monoisotopic (exact) mass is 247 g/mol. The third-order valence-corrected chi connectivity index (χ3v) is 3.29. The highest BCUT2D eigenvalue weighted by Gasteiger charge is 2.10. The third kappa shape index (κ3) is 2.60. The molecule has 1 aromatic rings.